The largest absolute Gasteiger partial charge is 0.263 e. The number of halogens is 2. The van der Waals surface area contributed by atoms with Crippen LogP contribution < -0.4 is 3.94 Å². The molecular formula is C2H2Cl2N4. The van der Waals surface area contributed by atoms with E-state index in [0.717, 1.165) is 3.94 Å². The summed E-state index contributed by atoms with van der Waals surface area (Å²) < 4.78 is 0.823. The molecule has 0 aliphatic rings. The minimum absolute atomic E-state index is 0.383. The molecule has 0 saturated heterocycles. The van der Waals surface area contributed by atoms with E-state index in [1.54, 1.807) is 0 Å². The van der Waals surface area contributed by atoms with Crippen molar-refractivity contribution < 1.29 is 0 Å². The highest BCUT2D eigenvalue weighted by molar-refractivity contribution is 6.49. The van der Waals surface area contributed by atoms with Crippen molar-refractivity contribution in [3.05, 3.63) is 6.20 Å². The second-order valence-corrected chi connectivity index (χ2v) is 1.91. The Kier molecular flexibility index (Phi) is 1.55. The van der Waals surface area contributed by atoms with Gasteiger partial charge in [0, 0.05) is 23.6 Å². The van der Waals surface area contributed by atoms with Gasteiger partial charge in [-0.25, -0.2) is 0 Å². The molecule has 0 amide bonds. The molecule has 44 valence electrons. The summed E-state index contributed by atoms with van der Waals surface area (Å²) in [5.41, 5.74) is 0. The van der Waals surface area contributed by atoms with Gasteiger partial charge < -0.3 is 0 Å². The lowest BCUT2D eigenvalue weighted by molar-refractivity contribution is 0.941. The van der Waals surface area contributed by atoms with Crippen molar-refractivity contribution >= 4 is 29.4 Å². The van der Waals surface area contributed by atoms with Gasteiger partial charge in [0.1, 0.15) is 0 Å². The number of hydrogen-bond donors (Lipinski definition) is 1. The third-order valence-corrected chi connectivity index (χ3v) is 0.923. The summed E-state index contributed by atoms with van der Waals surface area (Å²) in [5.74, 6) is 0.383. The fourth-order valence-electron chi connectivity index (χ4n) is 0.278. The average molecular weight is 153 g/mol. The van der Waals surface area contributed by atoms with Gasteiger partial charge in [-0.1, -0.05) is 5.21 Å². The van der Waals surface area contributed by atoms with Crippen LogP contribution in [0.4, 0.5) is 5.82 Å². The molecule has 0 atom stereocenters. The number of rotatable bonds is 1. The van der Waals surface area contributed by atoms with E-state index >= 15 is 0 Å². The highest BCUT2D eigenvalue weighted by Gasteiger charge is 1.98. The van der Waals surface area contributed by atoms with E-state index in [9.17, 15) is 0 Å². The summed E-state index contributed by atoms with van der Waals surface area (Å²) in [6.45, 7) is 0. The predicted molar refractivity (Wildman–Crippen MR) is 30.6 cm³/mol. The fraction of sp³-hybridized carbons (Fsp3) is 0. The van der Waals surface area contributed by atoms with Crippen molar-refractivity contribution in [3.8, 4) is 0 Å². The number of aromatic nitrogens is 3. The lowest BCUT2D eigenvalue weighted by Crippen LogP contribution is -1.90. The van der Waals surface area contributed by atoms with E-state index in [1.165, 1.54) is 6.20 Å². The second kappa shape index (κ2) is 2.19. The Hall–Kier alpha value is -0.480. The van der Waals surface area contributed by atoms with Crippen molar-refractivity contribution in [2.45, 2.75) is 0 Å². The van der Waals surface area contributed by atoms with E-state index < -0.39 is 0 Å². The van der Waals surface area contributed by atoms with Crippen molar-refractivity contribution in [1.82, 2.24) is 15.4 Å². The molecule has 4 nitrogen and oxygen atoms in total. The van der Waals surface area contributed by atoms with E-state index in [-0.39, 0.29) is 0 Å². The molecule has 0 bridgehead atoms. The summed E-state index contributed by atoms with van der Waals surface area (Å²) in [4.78, 5) is 0. The molecule has 1 aromatic heterocycles. The van der Waals surface area contributed by atoms with E-state index in [1.807, 2.05) is 0 Å². The molecule has 6 heteroatoms. The lowest BCUT2D eigenvalue weighted by atomic mass is 10.8. The van der Waals surface area contributed by atoms with Gasteiger partial charge in [-0.15, -0.1) is 5.10 Å². The average Bonchev–Trinajstić information content (AvgIpc) is 2.12. The third kappa shape index (κ3) is 1.02. The molecule has 0 aliphatic carbocycles. The highest BCUT2D eigenvalue weighted by atomic mass is 35.5. The zero-order valence-corrected chi connectivity index (χ0v) is 5.19. The summed E-state index contributed by atoms with van der Waals surface area (Å²) in [6.07, 6.45) is 1.47. The predicted octanol–water partition coefficient (Wildman–Crippen LogP) is 0.919. The molecule has 8 heavy (non-hydrogen) atoms. The molecular weight excluding hydrogens is 151 g/mol. The van der Waals surface area contributed by atoms with Crippen LogP contribution in [-0.4, -0.2) is 15.4 Å². The van der Waals surface area contributed by atoms with Crippen LogP contribution in [0.5, 0.6) is 0 Å². The van der Waals surface area contributed by atoms with Gasteiger partial charge in [-0.05, 0) is 0 Å². The van der Waals surface area contributed by atoms with Crippen molar-refractivity contribution in [2.24, 2.45) is 0 Å². The quantitative estimate of drug-likeness (QED) is 0.610. The zero-order valence-electron chi connectivity index (χ0n) is 3.67. The van der Waals surface area contributed by atoms with Gasteiger partial charge in [0.05, 0.1) is 6.20 Å². The third-order valence-electron chi connectivity index (χ3n) is 0.577. The molecule has 0 radical (unpaired) electrons. The SMILES string of the molecule is ClN(Cl)c1c[nH]nn1. The maximum atomic E-state index is 5.22. The monoisotopic (exact) mass is 152 g/mol. The first-order valence-corrected chi connectivity index (χ1v) is 2.46. The Morgan fingerprint density at radius 2 is 2.38 bits per heavy atom. The topological polar surface area (TPSA) is 44.8 Å². The van der Waals surface area contributed by atoms with E-state index in [4.69, 9.17) is 23.6 Å². The van der Waals surface area contributed by atoms with Gasteiger partial charge in [-0.2, -0.15) is 3.94 Å². The minimum atomic E-state index is 0.383. The Labute approximate surface area is 55.6 Å². The van der Waals surface area contributed by atoms with Crippen LogP contribution in [-0.2, 0) is 0 Å². The van der Waals surface area contributed by atoms with Crippen LogP contribution in [0.2, 0.25) is 0 Å². The standard InChI is InChI=1S/C2H2Cl2N4/c3-8(4)2-1-5-7-6-2/h1H,(H,5,6,7). The Bertz CT molecular complexity index is 147. The molecule has 1 aromatic rings. The zero-order chi connectivity index (χ0) is 5.98. The van der Waals surface area contributed by atoms with Crippen LogP contribution in [0.3, 0.4) is 0 Å². The second-order valence-electron chi connectivity index (χ2n) is 1.06. The summed E-state index contributed by atoms with van der Waals surface area (Å²) in [6, 6.07) is 0. The van der Waals surface area contributed by atoms with Crippen LogP contribution in [0, 0.1) is 0 Å². The highest BCUT2D eigenvalue weighted by Crippen LogP contribution is 2.11. The van der Waals surface area contributed by atoms with Crippen LogP contribution >= 0.6 is 23.6 Å². The van der Waals surface area contributed by atoms with Crippen molar-refractivity contribution in [3.63, 3.8) is 0 Å². The Morgan fingerprint density at radius 1 is 1.62 bits per heavy atom. The van der Waals surface area contributed by atoms with E-state index in [2.05, 4.69) is 15.4 Å². The van der Waals surface area contributed by atoms with Gasteiger partial charge in [0.25, 0.3) is 0 Å². The summed E-state index contributed by atoms with van der Waals surface area (Å²) in [5, 5.41) is 9.27. The molecule has 0 fully saturated rings. The molecule has 0 unspecified atom stereocenters. The molecule has 1 rings (SSSR count). The fourth-order valence-corrected chi connectivity index (χ4v) is 0.443. The Morgan fingerprint density at radius 3 is 2.62 bits per heavy atom. The summed E-state index contributed by atoms with van der Waals surface area (Å²) in [7, 11) is 0. The first kappa shape index (κ1) is 5.65. The number of anilines is 1. The first-order chi connectivity index (χ1) is 3.80. The first-order valence-electron chi connectivity index (χ1n) is 1.79. The van der Waals surface area contributed by atoms with Crippen molar-refractivity contribution in [1.29, 1.82) is 0 Å². The molecule has 0 spiro atoms. The number of aromatic amines is 1. The maximum Gasteiger partial charge on any atom is 0.200 e. The van der Waals surface area contributed by atoms with Crippen LogP contribution in [0.15, 0.2) is 6.20 Å². The number of hydrogen-bond acceptors (Lipinski definition) is 3. The molecule has 1 heterocycles. The smallest absolute Gasteiger partial charge is 0.200 e. The molecule has 0 saturated carbocycles. The van der Waals surface area contributed by atoms with Crippen LogP contribution in [0.1, 0.15) is 0 Å². The maximum absolute atomic E-state index is 5.22. The number of H-pyrrole nitrogens is 1. The van der Waals surface area contributed by atoms with Gasteiger partial charge in [0.15, 0.2) is 0 Å². The normalized spacial score (nSPS) is 9.25. The molecule has 0 aliphatic heterocycles. The molecule has 1 N–H and O–H groups in total. The lowest BCUT2D eigenvalue weighted by Gasteiger charge is -1.94. The molecule has 0 aromatic carbocycles. The summed E-state index contributed by atoms with van der Waals surface area (Å²) >= 11 is 10.4. The van der Waals surface area contributed by atoms with E-state index in [0.29, 0.717) is 5.82 Å². The minimum Gasteiger partial charge on any atom is -0.263 e. The van der Waals surface area contributed by atoms with Gasteiger partial charge in [0.2, 0.25) is 5.82 Å². The Balaban J connectivity index is 2.77. The number of nitrogens with zero attached hydrogens (tertiary/aromatic N) is 3. The van der Waals surface area contributed by atoms with Gasteiger partial charge in [-0.3, -0.25) is 5.10 Å². The van der Waals surface area contributed by atoms with Gasteiger partial charge >= 0.3 is 0 Å². The van der Waals surface area contributed by atoms with Crippen LogP contribution in [0.25, 0.3) is 0 Å². The van der Waals surface area contributed by atoms with Crippen molar-refractivity contribution in [2.75, 3.05) is 3.94 Å². The number of nitrogens with one attached hydrogen (secondary N) is 1.